The topological polar surface area (TPSA) is 42.4 Å². The third-order valence-electron chi connectivity index (χ3n) is 3.48. The number of hydrogen-bond donors (Lipinski definition) is 0. The van der Waals surface area contributed by atoms with E-state index in [9.17, 15) is 4.79 Å². The molecule has 19 heavy (non-hydrogen) atoms. The number of carbonyl (C=O) groups is 1. The van der Waals surface area contributed by atoms with Crippen molar-refractivity contribution >= 4 is 11.8 Å². The minimum absolute atomic E-state index is 0.266. The number of piperidine rings is 1. The molecule has 0 aliphatic carbocycles. The summed E-state index contributed by atoms with van der Waals surface area (Å²) < 4.78 is 5.11. The maximum atomic E-state index is 12.0. The SMILES string of the molecule is CCOC(=O)c1cccnc1N1CCCC(C)(C)C1. The Morgan fingerprint density at radius 1 is 1.53 bits per heavy atom. The van der Waals surface area contributed by atoms with Crippen LogP contribution in [0.5, 0.6) is 0 Å². The third kappa shape index (κ3) is 3.25. The van der Waals surface area contributed by atoms with Gasteiger partial charge in [0.25, 0.3) is 0 Å². The Balaban J connectivity index is 2.26. The van der Waals surface area contributed by atoms with Gasteiger partial charge >= 0.3 is 5.97 Å². The molecule has 1 aromatic rings. The van der Waals surface area contributed by atoms with Crippen LogP contribution in [-0.4, -0.2) is 30.6 Å². The molecular weight excluding hydrogens is 240 g/mol. The smallest absolute Gasteiger partial charge is 0.341 e. The van der Waals surface area contributed by atoms with Crippen LogP contribution >= 0.6 is 0 Å². The van der Waals surface area contributed by atoms with Crippen molar-refractivity contribution in [3.8, 4) is 0 Å². The predicted molar refractivity (Wildman–Crippen MR) is 75.4 cm³/mol. The molecule has 0 radical (unpaired) electrons. The summed E-state index contributed by atoms with van der Waals surface area (Å²) in [6.45, 7) is 8.60. The van der Waals surface area contributed by atoms with Crippen LogP contribution in [0.25, 0.3) is 0 Å². The number of hydrogen-bond acceptors (Lipinski definition) is 4. The average Bonchev–Trinajstić information content (AvgIpc) is 2.38. The molecule has 104 valence electrons. The largest absolute Gasteiger partial charge is 0.462 e. The second kappa shape index (κ2) is 5.59. The van der Waals surface area contributed by atoms with Crippen molar-refractivity contribution in [3.63, 3.8) is 0 Å². The molecule has 1 aliphatic heterocycles. The monoisotopic (exact) mass is 262 g/mol. The fourth-order valence-corrected chi connectivity index (χ4v) is 2.62. The van der Waals surface area contributed by atoms with Crippen LogP contribution in [0.4, 0.5) is 5.82 Å². The van der Waals surface area contributed by atoms with Gasteiger partial charge in [-0.15, -0.1) is 0 Å². The van der Waals surface area contributed by atoms with Gasteiger partial charge in [0.1, 0.15) is 11.4 Å². The Labute approximate surface area is 114 Å². The standard InChI is InChI=1S/C15H22N2O2/c1-4-19-14(18)12-7-5-9-16-13(12)17-10-6-8-15(2,3)11-17/h5,7,9H,4,6,8,10-11H2,1-3H3. The molecule has 4 nitrogen and oxygen atoms in total. The maximum absolute atomic E-state index is 12.0. The normalized spacial score (nSPS) is 18.2. The lowest BCUT2D eigenvalue weighted by Gasteiger charge is -2.39. The molecule has 2 rings (SSSR count). The van der Waals surface area contributed by atoms with Crippen LogP contribution in [0, 0.1) is 5.41 Å². The van der Waals surface area contributed by atoms with Crippen LogP contribution in [-0.2, 0) is 4.74 Å². The van der Waals surface area contributed by atoms with Gasteiger partial charge in [0.15, 0.2) is 0 Å². The number of esters is 1. The van der Waals surface area contributed by atoms with Crippen LogP contribution in [0.3, 0.4) is 0 Å². The van der Waals surface area contributed by atoms with Crippen molar-refractivity contribution in [1.82, 2.24) is 4.98 Å². The summed E-state index contributed by atoms with van der Waals surface area (Å²) in [4.78, 5) is 18.6. The summed E-state index contributed by atoms with van der Waals surface area (Å²) in [6, 6.07) is 3.58. The number of anilines is 1. The van der Waals surface area contributed by atoms with Crippen molar-refractivity contribution in [3.05, 3.63) is 23.9 Å². The summed E-state index contributed by atoms with van der Waals surface area (Å²) in [6.07, 6.45) is 4.08. The van der Waals surface area contributed by atoms with Gasteiger partial charge in [-0.2, -0.15) is 0 Å². The molecule has 0 aromatic carbocycles. The first-order chi connectivity index (χ1) is 9.03. The highest BCUT2D eigenvalue weighted by Crippen LogP contribution is 2.32. The van der Waals surface area contributed by atoms with Gasteiger partial charge < -0.3 is 9.64 Å². The van der Waals surface area contributed by atoms with E-state index < -0.39 is 0 Å². The molecule has 0 bridgehead atoms. The first-order valence-corrected chi connectivity index (χ1v) is 6.90. The zero-order chi connectivity index (χ0) is 13.9. The fraction of sp³-hybridized carbons (Fsp3) is 0.600. The molecule has 2 heterocycles. The van der Waals surface area contributed by atoms with Gasteiger partial charge in [-0.05, 0) is 37.3 Å². The van der Waals surface area contributed by atoms with Gasteiger partial charge in [0, 0.05) is 19.3 Å². The molecule has 0 atom stereocenters. The molecule has 1 aromatic heterocycles. The molecule has 1 fully saturated rings. The number of rotatable bonds is 3. The minimum atomic E-state index is -0.283. The average molecular weight is 262 g/mol. The number of aromatic nitrogens is 1. The van der Waals surface area contributed by atoms with Gasteiger partial charge in [0.05, 0.1) is 6.61 Å². The van der Waals surface area contributed by atoms with E-state index in [1.165, 1.54) is 6.42 Å². The van der Waals surface area contributed by atoms with E-state index in [4.69, 9.17) is 4.74 Å². The summed E-state index contributed by atoms with van der Waals surface area (Å²) in [7, 11) is 0. The van der Waals surface area contributed by atoms with E-state index in [1.807, 2.05) is 6.92 Å². The Bertz CT molecular complexity index is 457. The van der Waals surface area contributed by atoms with Crippen molar-refractivity contribution in [1.29, 1.82) is 0 Å². The first kappa shape index (κ1) is 13.8. The van der Waals surface area contributed by atoms with Gasteiger partial charge in [0.2, 0.25) is 0 Å². The van der Waals surface area contributed by atoms with Gasteiger partial charge in [-0.3, -0.25) is 0 Å². The quantitative estimate of drug-likeness (QED) is 0.786. The molecule has 0 N–H and O–H groups in total. The minimum Gasteiger partial charge on any atom is -0.462 e. The van der Waals surface area contributed by atoms with E-state index in [1.54, 1.807) is 18.3 Å². The maximum Gasteiger partial charge on any atom is 0.341 e. The highest BCUT2D eigenvalue weighted by Gasteiger charge is 2.29. The van der Waals surface area contributed by atoms with Crippen LogP contribution < -0.4 is 4.90 Å². The molecule has 0 unspecified atom stereocenters. The molecule has 1 aliphatic rings. The number of ether oxygens (including phenoxy) is 1. The molecular formula is C15H22N2O2. The van der Waals surface area contributed by atoms with Crippen molar-refractivity contribution in [2.24, 2.45) is 5.41 Å². The second-order valence-corrected chi connectivity index (χ2v) is 5.78. The highest BCUT2D eigenvalue weighted by atomic mass is 16.5. The Kier molecular flexibility index (Phi) is 4.08. The lowest BCUT2D eigenvalue weighted by molar-refractivity contribution is 0.0526. The predicted octanol–water partition coefficient (Wildman–Crippen LogP) is 2.88. The second-order valence-electron chi connectivity index (χ2n) is 5.78. The molecule has 0 saturated carbocycles. The number of nitrogens with zero attached hydrogens (tertiary/aromatic N) is 2. The fourth-order valence-electron chi connectivity index (χ4n) is 2.62. The number of pyridine rings is 1. The zero-order valence-electron chi connectivity index (χ0n) is 12.0. The molecule has 1 saturated heterocycles. The lowest BCUT2D eigenvalue weighted by atomic mass is 9.84. The van der Waals surface area contributed by atoms with E-state index in [0.717, 1.165) is 25.3 Å². The van der Waals surface area contributed by atoms with Crippen molar-refractivity contribution in [2.75, 3.05) is 24.6 Å². The van der Waals surface area contributed by atoms with Crippen molar-refractivity contribution < 1.29 is 9.53 Å². The van der Waals surface area contributed by atoms with Gasteiger partial charge in [-0.1, -0.05) is 13.8 Å². The highest BCUT2D eigenvalue weighted by molar-refractivity contribution is 5.94. The van der Waals surface area contributed by atoms with Gasteiger partial charge in [-0.25, -0.2) is 9.78 Å². The van der Waals surface area contributed by atoms with Crippen LogP contribution in [0.1, 0.15) is 44.0 Å². The first-order valence-electron chi connectivity index (χ1n) is 6.90. The van der Waals surface area contributed by atoms with E-state index in [0.29, 0.717) is 12.2 Å². The zero-order valence-corrected chi connectivity index (χ0v) is 12.0. The molecule has 0 spiro atoms. The Morgan fingerprint density at radius 2 is 2.32 bits per heavy atom. The van der Waals surface area contributed by atoms with E-state index in [-0.39, 0.29) is 11.4 Å². The van der Waals surface area contributed by atoms with Crippen LogP contribution in [0.2, 0.25) is 0 Å². The molecule has 4 heteroatoms. The summed E-state index contributed by atoms with van der Waals surface area (Å²) in [5.41, 5.74) is 0.837. The summed E-state index contributed by atoms with van der Waals surface area (Å²) >= 11 is 0. The number of carbonyl (C=O) groups excluding carboxylic acids is 1. The Morgan fingerprint density at radius 3 is 3.00 bits per heavy atom. The van der Waals surface area contributed by atoms with Crippen LogP contribution in [0.15, 0.2) is 18.3 Å². The Hall–Kier alpha value is -1.58. The lowest BCUT2D eigenvalue weighted by Crippen LogP contribution is -2.41. The van der Waals surface area contributed by atoms with E-state index in [2.05, 4.69) is 23.7 Å². The molecule has 0 amide bonds. The summed E-state index contributed by atoms with van der Waals surface area (Å²) in [5.74, 6) is 0.475. The van der Waals surface area contributed by atoms with E-state index >= 15 is 0 Å². The summed E-state index contributed by atoms with van der Waals surface area (Å²) in [5, 5.41) is 0. The third-order valence-corrected chi connectivity index (χ3v) is 3.48. The van der Waals surface area contributed by atoms with Crippen molar-refractivity contribution in [2.45, 2.75) is 33.6 Å².